The largest absolute Gasteiger partial charge is 0.493 e. The highest BCUT2D eigenvalue weighted by Gasteiger charge is 2.29. The number of hydrogen-bond acceptors (Lipinski definition) is 3. The van der Waals surface area contributed by atoms with Crippen molar-refractivity contribution in [1.82, 2.24) is 4.90 Å². The average Bonchev–Trinajstić information content (AvgIpc) is 2.61. The molecular formula is C21H32N2O3. The van der Waals surface area contributed by atoms with Crippen LogP contribution in [0, 0.1) is 18.8 Å². The van der Waals surface area contributed by atoms with Crippen LogP contribution in [0.5, 0.6) is 5.75 Å². The van der Waals surface area contributed by atoms with E-state index in [9.17, 15) is 9.90 Å². The van der Waals surface area contributed by atoms with Crippen molar-refractivity contribution >= 4 is 11.7 Å². The third kappa shape index (κ3) is 5.13. The van der Waals surface area contributed by atoms with Crippen molar-refractivity contribution in [2.45, 2.75) is 58.0 Å². The normalized spacial score (nSPS) is 23.2. The van der Waals surface area contributed by atoms with E-state index >= 15 is 0 Å². The molecule has 2 aliphatic rings. The van der Waals surface area contributed by atoms with E-state index in [1.807, 2.05) is 25.1 Å². The smallest absolute Gasteiger partial charge is 0.321 e. The predicted molar refractivity (Wildman–Crippen MR) is 104 cm³/mol. The molecule has 2 aliphatic carbocycles. The molecule has 0 spiro atoms. The lowest BCUT2D eigenvalue weighted by Gasteiger charge is -2.34. The van der Waals surface area contributed by atoms with Crippen LogP contribution in [0.2, 0.25) is 0 Å². The number of carbonyl (C=O) groups is 1. The summed E-state index contributed by atoms with van der Waals surface area (Å²) < 4.78 is 6.07. The van der Waals surface area contributed by atoms with Crippen molar-refractivity contribution in [3.05, 3.63) is 23.8 Å². The Hall–Kier alpha value is -1.75. The summed E-state index contributed by atoms with van der Waals surface area (Å²) in [5.41, 5.74) is 1.86. The zero-order valence-electron chi connectivity index (χ0n) is 16.0. The summed E-state index contributed by atoms with van der Waals surface area (Å²) in [5, 5.41) is 12.3. The van der Waals surface area contributed by atoms with Gasteiger partial charge >= 0.3 is 6.03 Å². The minimum atomic E-state index is -0.183. The molecule has 144 valence electrons. The molecule has 5 nitrogen and oxygen atoms in total. The van der Waals surface area contributed by atoms with E-state index in [4.69, 9.17) is 4.74 Å². The number of hydrogen-bond donors (Lipinski definition) is 2. The molecule has 0 radical (unpaired) electrons. The van der Waals surface area contributed by atoms with Gasteiger partial charge in [-0.15, -0.1) is 0 Å². The van der Waals surface area contributed by atoms with Crippen molar-refractivity contribution < 1.29 is 14.6 Å². The van der Waals surface area contributed by atoms with Gasteiger partial charge < -0.3 is 20.1 Å². The number of aryl methyl sites for hydroxylation is 1. The highest BCUT2D eigenvalue weighted by atomic mass is 16.5. The third-order valence-electron chi connectivity index (χ3n) is 5.73. The quantitative estimate of drug-likeness (QED) is 0.800. The van der Waals surface area contributed by atoms with Crippen LogP contribution in [0.4, 0.5) is 10.5 Å². The molecule has 0 saturated heterocycles. The molecular weight excluding hydrogens is 328 g/mol. The van der Waals surface area contributed by atoms with Gasteiger partial charge in [0.05, 0.1) is 12.7 Å². The summed E-state index contributed by atoms with van der Waals surface area (Å²) in [7, 11) is 1.80. The van der Waals surface area contributed by atoms with Crippen molar-refractivity contribution in [3.8, 4) is 5.75 Å². The number of rotatable bonds is 6. The minimum Gasteiger partial charge on any atom is -0.493 e. The van der Waals surface area contributed by atoms with Gasteiger partial charge in [-0.05, 0) is 56.1 Å². The fraction of sp³-hybridized carbons (Fsp3) is 0.667. The van der Waals surface area contributed by atoms with Gasteiger partial charge in [-0.1, -0.05) is 25.3 Å². The van der Waals surface area contributed by atoms with Gasteiger partial charge in [0.1, 0.15) is 5.75 Å². The van der Waals surface area contributed by atoms with Crippen molar-refractivity contribution in [1.29, 1.82) is 0 Å². The van der Waals surface area contributed by atoms with Crippen LogP contribution in [0.25, 0.3) is 0 Å². The van der Waals surface area contributed by atoms with Crippen molar-refractivity contribution in [2.24, 2.45) is 11.8 Å². The van der Waals surface area contributed by atoms with Crippen LogP contribution in [0.1, 0.15) is 50.5 Å². The standard InChI is InChI=1S/C21H32N2O3/c1-15-8-9-18(12-20(15)26-14-16-6-4-3-5-7-16)22-21(25)23(2)13-17-10-19(24)11-17/h8-9,12,16-17,19,24H,3-7,10-11,13-14H2,1-2H3,(H,22,25). The molecule has 0 heterocycles. The van der Waals surface area contributed by atoms with Gasteiger partial charge in [0.15, 0.2) is 0 Å². The van der Waals surface area contributed by atoms with E-state index < -0.39 is 0 Å². The molecule has 0 unspecified atom stereocenters. The molecule has 0 aliphatic heterocycles. The van der Waals surface area contributed by atoms with E-state index in [1.165, 1.54) is 32.1 Å². The van der Waals surface area contributed by atoms with E-state index in [0.29, 0.717) is 18.4 Å². The Labute approximate surface area is 156 Å². The fourth-order valence-corrected chi connectivity index (χ4v) is 3.93. The highest BCUT2D eigenvalue weighted by molar-refractivity contribution is 5.89. The van der Waals surface area contributed by atoms with Crippen molar-refractivity contribution in [3.63, 3.8) is 0 Å². The molecule has 26 heavy (non-hydrogen) atoms. The number of aliphatic hydroxyl groups is 1. The van der Waals surface area contributed by atoms with Crippen LogP contribution >= 0.6 is 0 Å². The van der Waals surface area contributed by atoms with E-state index in [-0.39, 0.29) is 12.1 Å². The lowest BCUT2D eigenvalue weighted by molar-refractivity contribution is 0.0332. The van der Waals surface area contributed by atoms with E-state index in [1.54, 1.807) is 11.9 Å². The summed E-state index contributed by atoms with van der Waals surface area (Å²) in [6, 6.07) is 5.72. The number of nitrogens with zero attached hydrogens (tertiary/aromatic N) is 1. The second-order valence-electron chi connectivity index (χ2n) is 8.10. The SMILES string of the molecule is Cc1ccc(NC(=O)N(C)CC2CC(O)C2)cc1OCC1CCCCC1. The van der Waals surface area contributed by atoms with E-state index in [2.05, 4.69) is 5.32 Å². The van der Waals surface area contributed by atoms with Gasteiger partial charge in [-0.2, -0.15) is 0 Å². The molecule has 1 aromatic carbocycles. The second kappa shape index (κ2) is 8.76. The number of amides is 2. The Kier molecular flexibility index (Phi) is 6.41. The van der Waals surface area contributed by atoms with Crippen LogP contribution in [-0.4, -0.2) is 42.3 Å². The summed E-state index contributed by atoms with van der Waals surface area (Å²) >= 11 is 0. The maximum absolute atomic E-state index is 12.4. The van der Waals surface area contributed by atoms with E-state index in [0.717, 1.165) is 36.4 Å². The fourth-order valence-electron chi connectivity index (χ4n) is 3.93. The molecule has 2 saturated carbocycles. The molecule has 0 bridgehead atoms. The number of carbonyl (C=O) groups excluding carboxylic acids is 1. The van der Waals surface area contributed by atoms with Gasteiger partial charge in [0.2, 0.25) is 0 Å². The summed E-state index contributed by atoms with van der Waals surface area (Å²) in [6.45, 7) is 3.48. The highest BCUT2D eigenvalue weighted by Crippen LogP contribution is 2.29. The van der Waals surface area contributed by atoms with Gasteiger partial charge in [-0.25, -0.2) is 4.79 Å². The summed E-state index contributed by atoms with van der Waals surface area (Å²) in [4.78, 5) is 14.1. The number of aliphatic hydroxyl groups excluding tert-OH is 1. The third-order valence-corrected chi connectivity index (χ3v) is 5.73. The number of ether oxygens (including phenoxy) is 1. The van der Waals surface area contributed by atoms with Crippen LogP contribution in [0.3, 0.4) is 0 Å². The zero-order valence-corrected chi connectivity index (χ0v) is 16.0. The Morgan fingerprint density at radius 2 is 1.96 bits per heavy atom. The molecule has 0 aromatic heterocycles. The van der Waals surface area contributed by atoms with Crippen LogP contribution in [-0.2, 0) is 0 Å². The molecule has 5 heteroatoms. The molecule has 0 atom stereocenters. The molecule has 1 aromatic rings. The first-order valence-corrected chi connectivity index (χ1v) is 9.95. The molecule has 2 amide bonds. The average molecular weight is 360 g/mol. The Balaban J connectivity index is 1.51. The first-order chi connectivity index (χ1) is 12.5. The zero-order chi connectivity index (χ0) is 18.5. The van der Waals surface area contributed by atoms with Crippen LogP contribution in [0.15, 0.2) is 18.2 Å². The minimum absolute atomic E-state index is 0.117. The lowest BCUT2D eigenvalue weighted by Crippen LogP contribution is -2.41. The Morgan fingerprint density at radius 3 is 2.65 bits per heavy atom. The van der Waals surface area contributed by atoms with Gasteiger partial charge in [0.25, 0.3) is 0 Å². The number of anilines is 1. The first kappa shape index (κ1) is 19.0. The van der Waals surface area contributed by atoms with Crippen molar-refractivity contribution in [2.75, 3.05) is 25.5 Å². The summed E-state index contributed by atoms with van der Waals surface area (Å²) in [6.07, 6.45) is 7.90. The Bertz CT molecular complexity index is 607. The monoisotopic (exact) mass is 360 g/mol. The topological polar surface area (TPSA) is 61.8 Å². The molecule has 2 N–H and O–H groups in total. The van der Waals surface area contributed by atoms with Gasteiger partial charge in [0, 0.05) is 25.3 Å². The number of nitrogens with one attached hydrogen (secondary N) is 1. The Morgan fingerprint density at radius 1 is 1.23 bits per heavy atom. The lowest BCUT2D eigenvalue weighted by atomic mass is 9.82. The van der Waals surface area contributed by atoms with Gasteiger partial charge in [-0.3, -0.25) is 0 Å². The van der Waals surface area contributed by atoms with Crippen LogP contribution < -0.4 is 10.1 Å². The molecule has 2 fully saturated rings. The first-order valence-electron chi connectivity index (χ1n) is 9.95. The maximum Gasteiger partial charge on any atom is 0.321 e. The second-order valence-corrected chi connectivity index (χ2v) is 8.10. The molecule has 3 rings (SSSR count). The maximum atomic E-state index is 12.4. The predicted octanol–water partition coefficient (Wildman–Crippen LogP) is 4.19. The summed E-state index contributed by atoms with van der Waals surface area (Å²) in [5.74, 6) is 1.93. The number of urea groups is 1. The number of benzene rings is 1.